The van der Waals surface area contributed by atoms with Gasteiger partial charge in [0, 0.05) is 10.6 Å². The van der Waals surface area contributed by atoms with Crippen LogP contribution in [0.1, 0.15) is 9.67 Å². The van der Waals surface area contributed by atoms with Crippen LogP contribution in [0.25, 0.3) is 21.5 Å². The number of hydrogen-bond acceptors (Lipinski definition) is 6. The van der Waals surface area contributed by atoms with Gasteiger partial charge in [-0.2, -0.15) is 9.97 Å². The Hall–Kier alpha value is -2.64. The number of halogens is 1. The Balaban J connectivity index is 2.30. The van der Waals surface area contributed by atoms with Crippen LogP contribution >= 0.6 is 22.9 Å². The average Bonchev–Trinajstić information content (AvgIpc) is 2.89. The van der Waals surface area contributed by atoms with Gasteiger partial charge in [0.25, 0.3) is 5.91 Å². The number of amides is 1. The van der Waals surface area contributed by atoms with E-state index in [1.54, 1.807) is 24.3 Å². The van der Waals surface area contributed by atoms with Crippen LogP contribution < -0.4 is 16.2 Å². The summed E-state index contributed by atoms with van der Waals surface area (Å²) >= 11 is 7.18. The van der Waals surface area contributed by atoms with Crippen molar-refractivity contribution >= 4 is 44.7 Å². The predicted molar refractivity (Wildman–Crippen MR) is 96.5 cm³/mol. The third-order valence-corrected chi connectivity index (χ3v) is 4.57. The highest BCUT2D eigenvalue weighted by atomic mass is 35.5. The molecule has 0 bridgehead atoms. The van der Waals surface area contributed by atoms with E-state index in [2.05, 4.69) is 16.5 Å². The lowest BCUT2D eigenvalue weighted by Crippen LogP contribution is -2.10. The number of rotatable bonds is 5. The number of nitrogen functional groups attached to an aromatic ring is 1. The van der Waals surface area contributed by atoms with Gasteiger partial charge in [-0.3, -0.25) is 4.79 Å². The number of nitrogens with zero attached hydrogens (tertiary/aromatic N) is 2. The van der Waals surface area contributed by atoms with Gasteiger partial charge in [-0.15, -0.1) is 11.3 Å². The monoisotopic (exact) mass is 360 g/mol. The molecule has 3 aromatic rings. The summed E-state index contributed by atoms with van der Waals surface area (Å²) < 4.78 is 5.44. The van der Waals surface area contributed by atoms with Gasteiger partial charge in [0.15, 0.2) is 0 Å². The first kappa shape index (κ1) is 16.2. The summed E-state index contributed by atoms with van der Waals surface area (Å²) in [4.78, 5) is 21.1. The summed E-state index contributed by atoms with van der Waals surface area (Å²) in [6.45, 7) is 3.85. The lowest BCUT2D eigenvalue weighted by molar-refractivity contribution is 0.100. The standard InChI is InChI=1S/C16H13ClN4O2S/c1-2-6-23-16-20-12(8-4-3-5-9(17)7-8)10-11(18)13(14(19)22)24-15(10)21-16/h2-5,7H,1,6,18H2,(H2,19,22). The highest BCUT2D eigenvalue weighted by molar-refractivity contribution is 7.21. The molecule has 122 valence electrons. The smallest absolute Gasteiger partial charge is 0.318 e. The van der Waals surface area contributed by atoms with Crippen molar-refractivity contribution < 1.29 is 9.53 Å². The lowest BCUT2D eigenvalue weighted by Gasteiger charge is -2.07. The van der Waals surface area contributed by atoms with E-state index in [0.29, 0.717) is 20.9 Å². The summed E-state index contributed by atoms with van der Waals surface area (Å²) in [5.74, 6) is -0.610. The van der Waals surface area contributed by atoms with E-state index in [-0.39, 0.29) is 23.2 Å². The van der Waals surface area contributed by atoms with E-state index >= 15 is 0 Å². The first-order valence-electron chi connectivity index (χ1n) is 6.90. The molecule has 6 nitrogen and oxygen atoms in total. The van der Waals surface area contributed by atoms with E-state index in [9.17, 15) is 4.79 Å². The summed E-state index contributed by atoms with van der Waals surface area (Å²) in [7, 11) is 0. The van der Waals surface area contributed by atoms with Crippen LogP contribution in [0.5, 0.6) is 6.01 Å². The molecular formula is C16H13ClN4O2S. The molecule has 0 unspecified atom stereocenters. The Kier molecular flexibility index (Phi) is 4.37. The molecule has 0 fully saturated rings. The van der Waals surface area contributed by atoms with Crippen LogP contribution in [-0.2, 0) is 0 Å². The quantitative estimate of drug-likeness (QED) is 0.679. The fourth-order valence-corrected chi connectivity index (χ4v) is 3.36. The molecule has 1 amide bonds. The Morgan fingerprint density at radius 2 is 2.21 bits per heavy atom. The Bertz CT molecular complexity index is 955. The van der Waals surface area contributed by atoms with Crippen LogP contribution in [0.4, 0.5) is 5.69 Å². The van der Waals surface area contributed by atoms with Crippen molar-refractivity contribution in [3.63, 3.8) is 0 Å². The van der Waals surface area contributed by atoms with Gasteiger partial charge in [0.2, 0.25) is 0 Å². The van der Waals surface area contributed by atoms with Gasteiger partial charge in [-0.25, -0.2) is 0 Å². The van der Waals surface area contributed by atoms with Crippen LogP contribution in [0.15, 0.2) is 36.9 Å². The number of primary amides is 1. The number of hydrogen-bond donors (Lipinski definition) is 2. The summed E-state index contributed by atoms with van der Waals surface area (Å²) in [6, 6.07) is 7.31. The third kappa shape index (κ3) is 2.91. The molecule has 0 atom stereocenters. The zero-order valence-electron chi connectivity index (χ0n) is 12.5. The maximum Gasteiger partial charge on any atom is 0.318 e. The maximum atomic E-state index is 11.6. The average molecular weight is 361 g/mol. The molecule has 1 aromatic carbocycles. The van der Waals surface area contributed by atoms with Crippen LogP contribution in [-0.4, -0.2) is 22.5 Å². The number of ether oxygens (including phenoxy) is 1. The number of carbonyl (C=O) groups is 1. The molecule has 2 aromatic heterocycles. The molecule has 3 rings (SSSR count). The molecule has 24 heavy (non-hydrogen) atoms. The van der Waals surface area contributed by atoms with Gasteiger partial charge in [0.05, 0.1) is 16.8 Å². The van der Waals surface area contributed by atoms with Crippen LogP contribution in [0.3, 0.4) is 0 Å². The molecule has 0 radical (unpaired) electrons. The molecule has 2 heterocycles. The number of fused-ring (bicyclic) bond motifs is 1. The van der Waals surface area contributed by atoms with Crippen LogP contribution in [0.2, 0.25) is 5.02 Å². The van der Waals surface area contributed by atoms with E-state index in [4.69, 9.17) is 27.8 Å². The number of anilines is 1. The zero-order valence-corrected chi connectivity index (χ0v) is 14.0. The number of thiophene rings is 1. The second-order valence-electron chi connectivity index (χ2n) is 4.85. The molecule has 0 aliphatic heterocycles. The van der Waals surface area contributed by atoms with Crippen molar-refractivity contribution in [2.75, 3.05) is 12.3 Å². The number of aromatic nitrogens is 2. The SMILES string of the molecule is C=CCOc1nc(-c2cccc(Cl)c2)c2c(N)c(C(N)=O)sc2n1. The van der Waals surface area contributed by atoms with E-state index in [1.807, 2.05) is 6.07 Å². The van der Waals surface area contributed by atoms with Crippen molar-refractivity contribution in [2.45, 2.75) is 0 Å². The molecule has 8 heteroatoms. The topological polar surface area (TPSA) is 104 Å². The number of benzene rings is 1. The molecule has 0 spiro atoms. The van der Waals surface area contributed by atoms with Crippen LogP contribution in [0, 0.1) is 0 Å². The first-order valence-corrected chi connectivity index (χ1v) is 8.10. The zero-order chi connectivity index (χ0) is 17.3. The number of nitrogens with two attached hydrogens (primary N) is 2. The van der Waals surface area contributed by atoms with Crippen molar-refractivity contribution in [2.24, 2.45) is 5.73 Å². The largest absolute Gasteiger partial charge is 0.459 e. The minimum atomic E-state index is -0.610. The fourth-order valence-electron chi connectivity index (χ4n) is 2.23. The minimum absolute atomic E-state index is 0.162. The van der Waals surface area contributed by atoms with Crippen molar-refractivity contribution in [3.05, 3.63) is 46.8 Å². The van der Waals surface area contributed by atoms with Gasteiger partial charge in [-0.1, -0.05) is 36.4 Å². The Labute approximate surface area is 146 Å². The molecule has 0 saturated carbocycles. The summed E-state index contributed by atoms with van der Waals surface area (Å²) in [6.07, 6.45) is 1.59. The van der Waals surface area contributed by atoms with Gasteiger partial charge in [0.1, 0.15) is 16.3 Å². The molecule has 0 saturated heterocycles. The van der Waals surface area contributed by atoms with Crippen molar-refractivity contribution in [1.29, 1.82) is 0 Å². The first-order chi connectivity index (χ1) is 11.5. The highest BCUT2D eigenvalue weighted by Gasteiger charge is 2.21. The highest BCUT2D eigenvalue weighted by Crippen LogP contribution is 2.39. The van der Waals surface area contributed by atoms with Crippen molar-refractivity contribution in [1.82, 2.24) is 9.97 Å². The van der Waals surface area contributed by atoms with E-state index in [1.165, 1.54) is 0 Å². The minimum Gasteiger partial charge on any atom is -0.459 e. The molecular weight excluding hydrogens is 348 g/mol. The normalized spacial score (nSPS) is 10.7. The van der Waals surface area contributed by atoms with E-state index < -0.39 is 5.91 Å². The Morgan fingerprint density at radius 1 is 1.42 bits per heavy atom. The third-order valence-electron chi connectivity index (χ3n) is 3.22. The van der Waals surface area contributed by atoms with Gasteiger partial charge < -0.3 is 16.2 Å². The van der Waals surface area contributed by atoms with Gasteiger partial charge in [-0.05, 0) is 12.1 Å². The van der Waals surface area contributed by atoms with Crippen molar-refractivity contribution in [3.8, 4) is 17.3 Å². The second kappa shape index (κ2) is 6.46. The predicted octanol–water partition coefficient (Wildman–Crippen LogP) is 3.26. The molecule has 0 aliphatic carbocycles. The second-order valence-corrected chi connectivity index (χ2v) is 6.29. The summed E-state index contributed by atoms with van der Waals surface area (Å²) in [5, 5.41) is 1.11. The fraction of sp³-hybridized carbons (Fsp3) is 0.0625. The van der Waals surface area contributed by atoms with E-state index in [0.717, 1.165) is 16.9 Å². The lowest BCUT2D eigenvalue weighted by atomic mass is 10.1. The van der Waals surface area contributed by atoms with Gasteiger partial charge >= 0.3 is 6.01 Å². The number of carbonyl (C=O) groups excluding carboxylic acids is 1. The molecule has 4 N–H and O–H groups in total. The molecule has 0 aliphatic rings. The summed E-state index contributed by atoms with van der Waals surface area (Å²) in [5.41, 5.74) is 13.0. The maximum absolute atomic E-state index is 11.6. The Morgan fingerprint density at radius 3 is 2.88 bits per heavy atom.